The number of methoxy groups -OCH3 is 1. The van der Waals surface area contributed by atoms with Gasteiger partial charge in [-0.3, -0.25) is 4.79 Å². The van der Waals surface area contributed by atoms with E-state index >= 15 is 0 Å². The molecule has 0 saturated heterocycles. The molecule has 8 heteroatoms. The van der Waals surface area contributed by atoms with E-state index in [1.807, 2.05) is 0 Å². The highest BCUT2D eigenvalue weighted by molar-refractivity contribution is 7.13. The number of halogens is 1. The molecule has 1 heterocycles. The molecule has 0 aliphatic carbocycles. The van der Waals surface area contributed by atoms with Crippen molar-refractivity contribution in [2.24, 2.45) is 5.10 Å². The summed E-state index contributed by atoms with van der Waals surface area (Å²) in [5, 5.41) is 16.5. The third-order valence-electron chi connectivity index (χ3n) is 3.93. The summed E-state index contributed by atoms with van der Waals surface area (Å²) in [6, 6.07) is 10.9. The van der Waals surface area contributed by atoms with E-state index in [9.17, 15) is 14.3 Å². The Morgan fingerprint density at radius 2 is 2.04 bits per heavy atom. The summed E-state index contributed by atoms with van der Waals surface area (Å²) in [6.07, 6.45) is 0.0586. The van der Waals surface area contributed by atoms with Crippen LogP contribution in [0.25, 0.3) is 10.6 Å². The van der Waals surface area contributed by atoms with E-state index in [2.05, 4.69) is 15.5 Å². The Bertz CT molecular complexity index is 1020. The van der Waals surface area contributed by atoms with Crippen molar-refractivity contribution in [1.82, 2.24) is 10.4 Å². The van der Waals surface area contributed by atoms with Crippen LogP contribution in [0, 0.1) is 5.82 Å². The number of nitrogens with one attached hydrogen (secondary N) is 1. The number of phenols is 1. The molecule has 0 atom stereocenters. The highest BCUT2D eigenvalue weighted by atomic mass is 32.1. The number of carbonyl (C=O) groups excluding carboxylic acids is 1. The number of hydrogen-bond acceptors (Lipinski definition) is 6. The van der Waals surface area contributed by atoms with E-state index in [-0.39, 0.29) is 23.9 Å². The van der Waals surface area contributed by atoms with E-state index < -0.39 is 0 Å². The van der Waals surface area contributed by atoms with Gasteiger partial charge in [0.15, 0.2) is 0 Å². The molecule has 0 aliphatic rings. The minimum atomic E-state index is -0.330. The van der Waals surface area contributed by atoms with Crippen molar-refractivity contribution in [2.45, 2.75) is 13.3 Å². The molecule has 6 nitrogen and oxygen atoms in total. The number of nitrogens with zero attached hydrogens (tertiary/aromatic N) is 2. The maximum absolute atomic E-state index is 13.0. The molecule has 0 saturated carbocycles. The van der Waals surface area contributed by atoms with E-state index in [4.69, 9.17) is 4.74 Å². The van der Waals surface area contributed by atoms with Crippen LogP contribution in [-0.4, -0.2) is 28.8 Å². The lowest BCUT2D eigenvalue weighted by molar-refractivity contribution is -0.120. The van der Waals surface area contributed by atoms with Gasteiger partial charge in [-0.25, -0.2) is 14.8 Å². The van der Waals surface area contributed by atoms with Gasteiger partial charge in [0.25, 0.3) is 0 Å². The predicted molar refractivity (Wildman–Crippen MR) is 106 cm³/mol. The molecule has 1 aromatic heterocycles. The summed E-state index contributed by atoms with van der Waals surface area (Å²) in [4.78, 5) is 16.5. The molecule has 0 bridgehead atoms. The Labute approximate surface area is 165 Å². The number of aromatic nitrogens is 1. The fourth-order valence-corrected chi connectivity index (χ4v) is 3.29. The zero-order valence-electron chi connectivity index (χ0n) is 15.3. The third kappa shape index (κ3) is 4.72. The summed E-state index contributed by atoms with van der Waals surface area (Å²) in [6.45, 7) is 1.68. The number of ether oxygens (including phenoxy) is 1. The average molecular weight is 399 g/mol. The van der Waals surface area contributed by atoms with Crippen LogP contribution in [0.4, 0.5) is 4.39 Å². The van der Waals surface area contributed by atoms with E-state index in [0.717, 1.165) is 5.56 Å². The molecule has 2 N–H and O–H groups in total. The number of thiazole rings is 1. The Balaban J connectivity index is 1.63. The largest absolute Gasteiger partial charge is 0.507 e. The molecule has 0 aliphatic heterocycles. The second kappa shape index (κ2) is 8.62. The molecule has 28 heavy (non-hydrogen) atoms. The number of benzene rings is 2. The standard InChI is InChI=1S/C20H18FN3O3S/c1-12(17-8-7-16(27-2)10-18(17)25)23-24-19(26)9-15-11-28-20(22-15)13-3-5-14(21)6-4-13/h3-8,10-11,25H,9H2,1-2H3,(H,24,26)/b23-12+. The number of carbonyl (C=O) groups is 1. The third-order valence-corrected chi connectivity index (χ3v) is 4.87. The number of hydrazone groups is 1. The van der Waals surface area contributed by atoms with Crippen molar-refractivity contribution in [2.75, 3.05) is 7.11 Å². The summed E-state index contributed by atoms with van der Waals surface area (Å²) in [5.74, 6) is -0.101. The van der Waals surface area contributed by atoms with Crippen molar-refractivity contribution in [3.05, 3.63) is 64.9 Å². The Morgan fingerprint density at radius 1 is 1.29 bits per heavy atom. The van der Waals surface area contributed by atoms with Crippen LogP contribution in [0.2, 0.25) is 0 Å². The zero-order valence-corrected chi connectivity index (χ0v) is 16.1. The summed E-state index contributed by atoms with van der Waals surface area (Å²) >= 11 is 1.38. The van der Waals surface area contributed by atoms with Gasteiger partial charge in [-0.15, -0.1) is 11.3 Å². The van der Waals surface area contributed by atoms with Gasteiger partial charge in [0.05, 0.1) is 24.9 Å². The van der Waals surface area contributed by atoms with Gasteiger partial charge in [-0.2, -0.15) is 5.10 Å². The van der Waals surface area contributed by atoms with Crippen molar-refractivity contribution in [3.63, 3.8) is 0 Å². The highest BCUT2D eigenvalue weighted by Crippen LogP contribution is 2.25. The smallest absolute Gasteiger partial charge is 0.246 e. The Hall–Kier alpha value is -3.26. The van der Waals surface area contributed by atoms with Crippen LogP contribution >= 0.6 is 11.3 Å². The van der Waals surface area contributed by atoms with Crippen LogP contribution in [0.1, 0.15) is 18.2 Å². The molecule has 3 aromatic rings. The molecular weight excluding hydrogens is 381 g/mol. The number of rotatable bonds is 6. The quantitative estimate of drug-likeness (QED) is 0.488. The minimum Gasteiger partial charge on any atom is -0.507 e. The van der Waals surface area contributed by atoms with E-state index in [0.29, 0.717) is 27.7 Å². The number of phenolic OH excluding ortho intramolecular Hbond substituents is 1. The van der Waals surface area contributed by atoms with E-state index in [1.54, 1.807) is 36.6 Å². The molecule has 3 rings (SSSR count). The minimum absolute atomic E-state index is 0.0123. The number of aromatic hydroxyl groups is 1. The molecule has 0 spiro atoms. The van der Waals surface area contributed by atoms with Crippen LogP contribution in [0.5, 0.6) is 11.5 Å². The summed E-state index contributed by atoms with van der Waals surface area (Å²) in [7, 11) is 1.51. The van der Waals surface area contributed by atoms with Gasteiger partial charge in [0.2, 0.25) is 5.91 Å². The van der Waals surface area contributed by atoms with Crippen LogP contribution in [0.15, 0.2) is 52.9 Å². The number of amides is 1. The van der Waals surface area contributed by atoms with Crippen molar-refractivity contribution < 1.29 is 19.0 Å². The second-order valence-electron chi connectivity index (χ2n) is 5.94. The second-order valence-corrected chi connectivity index (χ2v) is 6.80. The van der Waals surface area contributed by atoms with Crippen molar-refractivity contribution >= 4 is 23.0 Å². The fraction of sp³-hybridized carbons (Fsp3) is 0.150. The zero-order chi connectivity index (χ0) is 20.1. The van der Waals surface area contributed by atoms with Crippen LogP contribution in [0.3, 0.4) is 0 Å². The van der Waals surface area contributed by atoms with Gasteiger partial charge >= 0.3 is 0 Å². The maximum Gasteiger partial charge on any atom is 0.246 e. The molecule has 2 aromatic carbocycles. The fourth-order valence-electron chi connectivity index (χ4n) is 2.47. The first-order valence-electron chi connectivity index (χ1n) is 8.37. The monoisotopic (exact) mass is 399 g/mol. The first-order chi connectivity index (χ1) is 13.5. The molecule has 1 amide bonds. The van der Waals surface area contributed by atoms with Gasteiger partial charge in [-0.1, -0.05) is 0 Å². The summed E-state index contributed by atoms with van der Waals surface area (Å²) < 4.78 is 18.1. The van der Waals surface area contributed by atoms with Crippen LogP contribution in [-0.2, 0) is 11.2 Å². The normalized spacial score (nSPS) is 11.3. The molecule has 0 radical (unpaired) electrons. The van der Waals surface area contributed by atoms with Crippen molar-refractivity contribution in [3.8, 4) is 22.1 Å². The van der Waals surface area contributed by atoms with Gasteiger partial charge in [-0.05, 0) is 43.3 Å². The summed E-state index contributed by atoms with van der Waals surface area (Å²) in [5.41, 5.74) is 4.81. The topological polar surface area (TPSA) is 83.8 Å². The molecular formula is C20H18FN3O3S. The van der Waals surface area contributed by atoms with Gasteiger partial charge in [0, 0.05) is 22.6 Å². The first-order valence-corrected chi connectivity index (χ1v) is 9.25. The average Bonchev–Trinajstić information content (AvgIpc) is 3.15. The molecule has 144 valence electrons. The van der Waals surface area contributed by atoms with Crippen molar-refractivity contribution in [1.29, 1.82) is 0 Å². The maximum atomic E-state index is 13.0. The Kier molecular flexibility index (Phi) is 6.00. The first kappa shape index (κ1) is 19.5. The lowest BCUT2D eigenvalue weighted by atomic mass is 10.1. The number of hydrogen-bond donors (Lipinski definition) is 2. The highest BCUT2D eigenvalue weighted by Gasteiger charge is 2.10. The Morgan fingerprint density at radius 3 is 2.71 bits per heavy atom. The van der Waals surface area contributed by atoms with Gasteiger partial charge in [0.1, 0.15) is 22.3 Å². The SMILES string of the molecule is COc1ccc(/C(C)=N/NC(=O)Cc2csc(-c3ccc(F)cc3)n2)c(O)c1. The lowest BCUT2D eigenvalue weighted by Gasteiger charge is -2.07. The predicted octanol–water partition coefficient (Wildman–Crippen LogP) is 3.75. The lowest BCUT2D eigenvalue weighted by Crippen LogP contribution is -2.21. The van der Waals surface area contributed by atoms with E-state index in [1.165, 1.54) is 36.6 Å². The molecule has 0 fully saturated rings. The van der Waals surface area contributed by atoms with Crippen LogP contribution < -0.4 is 10.2 Å². The van der Waals surface area contributed by atoms with Gasteiger partial charge < -0.3 is 9.84 Å². The molecule has 0 unspecified atom stereocenters.